The smallest absolute Gasteiger partial charge is 0.344 e. The number of carbonyl (C=O) groups excluding carboxylic acids is 1. The summed E-state index contributed by atoms with van der Waals surface area (Å²) in [6.45, 7) is 6.46. The summed E-state index contributed by atoms with van der Waals surface area (Å²) >= 11 is 0. The van der Waals surface area contributed by atoms with Gasteiger partial charge in [0.05, 0.1) is 0 Å². The molecule has 0 saturated heterocycles. The molecular formula is C28H38O4. The zero-order valence-electron chi connectivity index (χ0n) is 19.8. The van der Waals surface area contributed by atoms with Gasteiger partial charge in [-0.15, -0.1) is 0 Å². The second-order valence-electron chi connectivity index (χ2n) is 9.52. The van der Waals surface area contributed by atoms with Crippen LogP contribution in [0.4, 0.5) is 0 Å². The Morgan fingerprint density at radius 1 is 1.00 bits per heavy atom. The molecule has 1 aliphatic carbocycles. The minimum absolute atomic E-state index is 0.0415. The van der Waals surface area contributed by atoms with E-state index in [1.807, 2.05) is 31.2 Å². The lowest BCUT2D eigenvalue weighted by Gasteiger charge is -2.24. The van der Waals surface area contributed by atoms with Gasteiger partial charge in [-0.2, -0.15) is 0 Å². The SMILES string of the molecule is CCC(CCCC(C)c1ccc(OCC(=O)OC2(C)CCCC2)cc1)c1ccc(O)cc1. The van der Waals surface area contributed by atoms with Crippen LogP contribution in [0.15, 0.2) is 48.5 Å². The highest BCUT2D eigenvalue weighted by atomic mass is 16.6. The van der Waals surface area contributed by atoms with Crippen molar-refractivity contribution in [3.63, 3.8) is 0 Å². The maximum Gasteiger partial charge on any atom is 0.344 e. The maximum atomic E-state index is 12.1. The summed E-state index contributed by atoms with van der Waals surface area (Å²) in [6.07, 6.45) is 8.67. The fourth-order valence-electron chi connectivity index (χ4n) is 4.75. The van der Waals surface area contributed by atoms with Gasteiger partial charge < -0.3 is 14.6 Å². The number of carbonyl (C=O) groups is 1. The molecule has 0 spiro atoms. The normalized spacial score (nSPS) is 17.0. The minimum Gasteiger partial charge on any atom is -0.508 e. The summed E-state index contributed by atoms with van der Waals surface area (Å²) in [4.78, 5) is 12.1. The Bertz CT molecular complexity index is 835. The summed E-state index contributed by atoms with van der Waals surface area (Å²) in [7, 11) is 0. The van der Waals surface area contributed by atoms with Crippen LogP contribution >= 0.6 is 0 Å². The van der Waals surface area contributed by atoms with E-state index in [4.69, 9.17) is 9.47 Å². The third-order valence-corrected chi connectivity index (χ3v) is 6.87. The van der Waals surface area contributed by atoms with E-state index in [-0.39, 0.29) is 18.2 Å². The predicted octanol–water partition coefficient (Wildman–Crippen LogP) is 7.11. The Morgan fingerprint density at radius 2 is 1.62 bits per heavy atom. The number of hydrogen-bond donors (Lipinski definition) is 1. The van der Waals surface area contributed by atoms with E-state index in [1.54, 1.807) is 12.1 Å². The zero-order chi connectivity index (χ0) is 23.0. The molecule has 32 heavy (non-hydrogen) atoms. The number of esters is 1. The van der Waals surface area contributed by atoms with Gasteiger partial charge in [-0.25, -0.2) is 4.79 Å². The van der Waals surface area contributed by atoms with Crippen molar-refractivity contribution >= 4 is 5.97 Å². The maximum absolute atomic E-state index is 12.1. The summed E-state index contributed by atoms with van der Waals surface area (Å²) in [6, 6.07) is 15.7. The molecule has 1 fully saturated rings. The molecule has 0 radical (unpaired) electrons. The van der Waals surface area contributed by atoms with E-state index in [0.717, 1.165) is 51.4 Å². The molecule has 174 valence electrons. The molecule has 2 aromatic carbocycles. The molecular weight excluding hydrogens is 400 g/mol. The van der Waals surface area contributed by atoms with Crippen LogP contribution in [0.1, 0.15) is 95.1 Å². The van der Waals surface area contributed by atoms with E-state index in [9.17, 15) is 9.90 Å². The fraction of sp³-hybridized carbons (Fsp3) is 0.536. The van der Waals surface area contributed by atoms with Crippen LogP contribution < -0.4 is 4.74 Å². The molecule has 4 heteroatoms. The quantitative estimate of drug-likeness (QED) is 0.380. The standard InChI is InChI=1S/C28H38O4/c1-4-22(24-10-14-25(29)15-11-24)9-7-8-21(2)23-12-16-26(17-13-23)31-20-27(30)32-28(3)18-5-6-19-28/h10-17,21-22,29H,4-9,18-20H2,1-3H3. The number of benzene rings is 2. The zero-order valence-corrected chi connectivity index (χ0v) is 19.8. The molecule has 1 saturated carbocycles. The highest BCUT2D eigenvalue weighted by Crippen LogP contribution is 2.33. The van der Waals surface area contributed by atoms with Crippen molar-refractivity contribution in [3.8, 4) is 11.5 Å². The molecule has 3 rings (SSSR count). The van der Waals surface area contributed by atoms with Crippen LogP contribution in [0.5, 0.6) is 11.5 Å². The molecule has 2 aromatic rings. The molecule has 2 unspecified atom stereocenters. The molecule has 0 aromatic heterocycles. The molecule has 0 heterocycles. The molecule has 2 atom stereocenters. The van der Waals surface area contributed by atoms with Crippen molar-refractivity contribution in [2.24, 2.45) is 0 Å². The second kappa shape index (κ2) is 11.4. The summed E-state index contributed by atoms with van der Waals surface area (Å²) in [5.74, 6) is 1.74. The van der Waals surface area contributed by atoms with E-state index >= 15 is 0 Å². The Kier molecular flexibility index (Phi) is 8.60. The number of hydrogen-bond acceptors (Lipinski definition) is 4. The van der Waals surface area contributed by atoms with Gasteiger partial charge in [0.15, 0.2) is 6.61 Å². The van der Waals surface area contributed by atoms with Crippen molar-refractivity contribution in [2.45, 2.75) is 89.6 Å². The highest BCUT2D eigenvalue weighted by molar-refractivity contribution is 5.71. The van der Waals surface area contributed by atoms with Crippen molar-refractivity contribution in [3.05, 3.63) is 59.7 Å². The summed E-state index contributed by atoms with van der Waals surface area (Å²) in [5, 5.41) is 9.50. The van der Waals surface area contributed by atoms with Crippen LogP contribution in [-0.2, 0) is 9.53 Å². The monoisotopic (exact) mass is 438 g/mol. The predicted molar refractivity (Wildman–Crippen MR) is 128 cm³/mol. The van der Waals surface area contributed by atoms with E-state index in [0.29, 0.717) is 23.3 Å². The van der Waals surface area contributed by atoms with Crippen LogP contribution in [0.3, 0.4) is 0 Å². The minimum atomic E-state index is -0.307. The van der Waals surface area contributed by atoms with Gasteiger partial charge in [0.25, 0.3) is 0 Å². The van der Waals surface area contributed by atoms with Gasteiger partial charge in [-0.05, 0) is 99.1 Å². The van der Waals surface area contributed by atoms with E-state index < -0.39 is 0 Å². The van der Waals surface area contributed by atoms with Crippen LogP contribution in [0.25, 0.3) is 0 Å². The van der Waals surface area contributed by atoms with Crippen molar-refractivity contribution in [1.82, 2.24) is 0 Å². The second-order valence-corrected chi connectivity index (χ2v) is 9.52. The van der Waals surface area contributed by atoms with Gasteiger partial charge in [0.2, 0.25) is 0 Å². The van der Waals surface area contributed by atoms with Gasteiger partial charge in [0.1, 0.15) is 17.1 Å². The molecule has 0 amide bonds. The van der Waals surface area contributed by atoms with Crippen molar-refractivity contribution in [1.29, 1.82) is 0 Å². The number of phenolic OH excluding ortho intramolecular Hbond substituents is 1. The first-order valence-corrected chi connectivity index (χ1v) is 12.1. The lowest BCUT2D eigenvalue weighted by molar-refractivity contribution is -0.159. The Hall–Kier alpha value is -2.49. The topological polar surface area (TPSA) is 55.8 Å². The van der Waals surface area contributed by atoms with Crippen LogP contribution in [-0.4, -0.2) is 23.3 Å². The number of rotatable bonds is 11. The first kappa shape index (κ1) is 24.2. The third kappa shape index (κ3) is 7.01. The molecule has 0 aliphatic heterocycles. The van der Waals surface area contributed by atoms with Crippen LogP contribution in [0, 0.1) is 0 Å². The number of aromatic hydroxyl groups is 1. The molecule has 0 bridgehead atoms. The first-order chi connectivity index (χ1) is 15.4. The Morgan fingerprint density at radius 3 is 2.25 bits per heavy atom. The fourth-order valence-corrected chi connectivity index (χ4v) is 4.75. The number of phenols is 1. The summed E-state index contributed by atoms with van der Waals surface area (Å²) < 4.78 is 11.3. The van der Waals surface area contributed by atoms with Gasteiger partial charge in [0, 0.05) is 0 Å². The average Bonchev–Trinajstić information content (AvgIpc) is 3.22. The Balaban J connectivity index is 1.41. The largest absolute Gasteiger partial charge is 0.508 e. The first-order valence-electron chi connectivity index (χ1n) is 12.1. The Labute approximate surface area is 193 Å². The van der Waals surface area contributed by atoms with Crippen molar-refractivity contribution < 1.29 is 19.4 Å². The highest BCUT2D eigenvalue weighted by Gasteiger charge is 2.32. The third-order valence-electron chi connectivity index (χ3n) is 6.87. The summed E-state index contributed by atoms with van der Waals surface area (Å²) in [5.41, 5.74) is 2.29. The van der Waals surface area contributed by atoms with Gasteiger partial charge in [-0.3, -0.25) is 0 Å². The van der Waals surface area contributed by atoms with Crippen LogP contribution in [0.2, 0.25) is 0 Å². The van der Waals surface area contributed by atoms with E-state index in [2.05, 4.69) is 26.0 Å². The average molecular weight is 439 g/mol. The van der Waals surface area contributed by atoms with E-state index in [1.165, 1.54) is 11.1 Å². The van der Waals surface area contributed by atoms with Gasteiger partial charge >= 0.3 is 5.97 Å². The lowest BCUT2D eigenvalue weighted by atomic mass is 9.88. The lowest BCUT2D eigenvalue weighted by Crippen LogP contribution is -2.30. The number of ether oxygens (including phenoxy) is 2. The van der Waals surface area contributed by atoms with Gasteiger partial charge in [-0.1, -0.05) is 44.5 Å². The molecule has 4 nitrogen and oxygen atoms in total. The molecule has 1 aliphatic rings. The van der Waals surface area contributed by atoms with Crippen molar-refractivity contribution in [2.75, 3.05) is 6.61 Å². The molecule has 1 N–H and O–H groups in total.